The maximum absolute atomic E-state index is 11.1. The number of nitriles is 1. The van der Waals surface area contributed by atoms with Crippen molar-refractivity contribution < 1.29 is 9.53 Å². The van der Waals surface area contributed by atoms with Gasteiger partial charge >= 0.3 is 0 Å². The fourth-order valence-corrected chi connectivity index (χ4v) is 1.71. The predicted octanol–water partition coefficient (Wildman–Crippen LogP) is 3.53. The Labute approximate surface area is 116 Å². The van der Waals surface area contributed by atoms with Crippen LogP contribution in [-0.4, -0.2) is 6.29 Å². The quantitative estimate of drug-likeness (QED) is 0.799. The third kappa shape index (κ3) is 3.34. The molecule has 0 N–H and O–H groups in total. The van der Waals surface area contributed by atoms with E-state index >= 15 is 0 Å². The third-order valence-corrected chi connectivity index (χ3v) is 2.82. The van der Waals surface area contributed by atoms with Gasteiger partial charge in [-0.1, -0.05) is 23.7 Å². The van der Waals surface area contributed by atoms with Crippen LogP contribution in [0, 0.1) is 11.3 Å². The average molecular weight is 272 g/mol. The van der Waals surface area contributed by atoms with Gasteiger partial charge < -0.3 is 4.74 Å². The summed E-state index contributed by atoms with van der Waals surface area (Å²) >= 11 is 5.79. The van der Waals surface area contributed by atoms with E-state index in [1.165, 1.54) is 0 Å². The van der Waals surface area contributed by atoms with Crippen molar-refractivity contribution in [2.45, 2.75) is 6.10 Å². The van der Waals surface area contributed by atoms with Crippen molar-refractivity contribution in [3.05, 3.63) is 64.7 Å². The first-order valence-electron chi connectivity index (χ1n) is 5.60. The Hall–Kier alpha value is -2.31. The van der Waals surface area contributed by atoms with Gasteiger partial charge in [0.1, 0.15) is 5.75 Å². The molecular weight excluding hydrogens is 262 g/mol. The lowest BCUT2D eigenvalue weighted by Gasteiger charge is -2.13. The Balaban J connectivity index is 2.16. The highest BCUT2D eigenvalue weighted by atomic mass is 35.5. The second kappa shape index (κ2) is 6.03. The lowest BCUT2D eigenvalue weighted by Crippen LogP contribution is -2.08. The zero-order valence-corrected chi connectivity index (χ0v) is 10.7. The van der Waals surface area contributed by atoms with E-state index in [1.807, 2.05) is 6.07 Å². The summed E-state index contributed by atoms with van der Waals surface area (Å²) in [5.74, 6) is 0.533. The molecule has 0 heterocycles. The van der Waals surface area contributed by atoms with Gasteiger partial charge in [0.2, 0.25) is 0 Å². The van der Waals surface area contributed by atoms with Crippen molar-refractivity contribution in [1.82, 2.24) is 0 Å². The average Bonchev–Trinajstić information content (AvgIpc) is 2.46. The molecule has 0 aliphatic heterocycles. The van der Waals surface area contributed by atoms with Crippen LogP contribution in [0.25, 0.3) is 0 Å². The van der Waals surface area contributed by atoms with Gasteiger partial charge in [0.25, 0.3) is 0 Å². The number of ether oxygens (including phenoxy) is 1. The van der Waals surface area contributed by atoms with Gasteiger partial charge in [-0.15, -0.1) is 0 Å². The number of aldehydes is 1. The molecule has 2 aromatic rings. The van der Waals surface area contributed by atoms with Gasteiger partial charge in [-0.05, 0) is 42.0 Å². The fourth-order valence-electron chi connectivity index (χ4n) is 1.58. The van der Waals surface area contributed by atoms with Crippen molar-refractivity contribution in [1.29, 1.82) is 5.26 Å². The molecule has 94 valence electrons. The molecule has 0 bridgehead atoms. The highest BCUT2D eigenvalue weighted by Crippen LogP contribution is 2.22. The molecule has 3 nitrogen and oxygen atoms in total. The maximum Gasteiger partial charge on any atom is 0.179 e. The number of carbonyl (C=O) groups excluding carboxylic acids is 1. The minimum atomic E-state index is -0.690. The molecule has 19 heavy (non-hydrogen) atoms. The van der Waals surface area contributed by atoms with E-state index in [4.69, 9.17) is 21.6 Å². The molecule has 2 rings (SSSR count). The molecular formula is C15H10ClNO2. The summed E-state index contributed by atoms with van der Waals surface area (Å²) in [6.45, 7) is 0. The Kier molecular flexibility index (Phi) is 4.17. The predicted molar refractivity (Wildman–Crippen MR) is 72.0 cm³/mol. The molecule has 4 heteroatoms. The van der Waals surface area contributed by atoms with E-state index in [2.05, 4.69) is 0 Å². The summed E-state index contributed by atoms with van der Waals surface area (Å²) in [5, 5.41) is 9.30. The minimum absolute atomic E-state index is 0.533. The lowest BCUT2D eigenvalue weighted by atomic mass is 10.1. The maximum atomic E-state index is 11.1. The largest absolute Gasteiger partial charge is 0.478 e. The minimum Gasteiger partial charge on any atom is -0.478 e. The van der Waals surface area contributed by atoms with Crippen molar-refractivity contribution in [2.75, 3.05) is 0 Å². The van der Waals surface area contributed by atoms with Crippen LogP contribution in [0.3, 0.4) is 0 Å². The molecule has 0 spiro atoms. The Morgan fingerprint density at radius 1 is 1.11 bits per heavy atom. The summed E-state index contributed by atoms with van der Waals surface area (Å²) in [6, 6.07) is 15.5. The van der Waals surface area contributed by atoms with Crippen molar-refractivity contribution in [3.63, 3.8) is 0 Å². The summed E-state index contributed by atoms with van der Waals surface area (Å²) in [4.78, 5) is 11.1. The van der Waals surface area contributed by atoms with Crippen LogP contribution in [0.5, 0.6) is 5.75 Å². The molecule has 0 radical (unpaired) electrons. The third-order valence-electron chi connectivity index (χ3n) is 2.57. The van der Waals surface area contributed by atoms with Gasteiger partial charge in [0, 0.05) is 5.02 Å². The zero-order chi connectivity index (χ0) is 13.7. The first kappa shape index (κ1) is 13.1. The molecule has 0 amide bonds. The Morgan fingerprint density at radius 2 is 1.74 bits per heavy atom. The van der Waals surface area contributed by atoms with Crippen molar-refractivity contribution in [2.24, 2.45) is 0 Å². The number of rotatable bonds is 4. The summed E-state index contributed by atoms with van der Waals surface area (Å²) < 4.78 is 5.57. The van der Waals surface area contributed by atoms with Crippen LogP contribution in [0.4, 0.5) is 0 Å². The van der Waals surface area contributed by atoms with Crippen LogP contribution in [0.2, 0.25) is 5.02 Å². The molecule has 0 aliphatic rings. The summed E-state index contributed by atoms with van der Waals surface area (Å²) in [7, 11) is 0. The van der Waals surface area contributed by atoms with Gasteiger partial charge in [0.15, 0.2) is 12.4 Å². The second-order valence-electron chi connectivity index (χ2n) is 3.86. The van der Waals surface area contributed by atoms with Gasteiger partial charge in [-0.25, -0.2) is 0 Å². The fraction of sp³-hybridized carbons (Fsp3) is 0.0667. The van der Waals surface area contributed by atoms with Crippen molar-refractivity contribution >= 4 is 17.9 Å². The second-order valence-corrected chi connectivity index (χ2v) is 4.30. The van der Waals surface area contributed by atoms with Crippen molar-refractivity contribution in [3.8, 4) is 11.8 Å². The Morgan fingerprint density at radius 3 is 2.26 bits per heavy atom. The van der Waals surface area contributed by atoms with E-state index in [9.17, 15) is 4.79 Å². The first-order chi connectivity index (χ1) is 9.22. The molecule has 0 saturated carbocycles. The van der Waals surface area contributed by atoms with E-state index in [-0.39, 0.29) is 0 Å². The van der Waals surface area contributed by atoms with Crippen LogP contribution >= 0.6 is 11.6 Å². The number of hydrogen-bond acceptors (Lipinski definition) is 3. The zero-order valence-electron chi connectivity index (χ0n) is 9.92. The monoisotopic (exact) mass is 271 g/mol. The van der Waals surface area contributed by atoms with E-state index in [1.54, 1.807) is 48.5 Å². The van der Waals surface area contributed by atoms with E-state index in [0.717, 1.165) is 11.8 Å². The Bertz CT molecular complexity index is 600. The van der Waals surface area contributed by atoms with E-state index in [0.29, 0.717) is 16.3 Å². The SMILES string of the molecule is N#Cc1ccc(OC(C=O)c2ccc(Cl)cc2)cc1. The number of nitrogens with zero attached hydrogens (tertiary/aromatic N) is 1. The lowest BCUT2D eigenvalue weighted by molar-refractivity contribution is -0.113. The van der Waals surface area contributed by atoms with Gasteiger partial charge in [-0.3, -0.25) is 4.79 Å². The van der Waals surface area contributed by atoms with Crippen LogP contribution in [-0.2, 0) is 4.79 Å². The highest BCUT2D eigenvalue weighted by molar-refractivity contribution is 6.30. The molecule has 1 atom stereocenters. The molecule has 2 aromatic carbocycles. The smallest absolute Gasteiger partial charge is 0.179 e. The van der Waals surface area contributed by atoms with Crippen LogP contribution in [0.15, 0.2) is 48.5 Å². The number of carbonyl (C=O) groups is 1. The first-order valence-corrected chi connectivity index (χ1v) is 5.98. The van der Waals surface area contributed by atoms with Gasteiger partial charge in [0.05, 0.1) is 11.6 Å². The number of benzene rings is 2. The number of hydrogen-bond donors (Lipinski definition) is 0. The molecule has 0 saturated heterocycles. The number of halogens is 1. The molecule has 0 aliphatic carbocycles. The van der Waals surface area contributed by atoms with Gasteiger partial charge in [-0.2, -0.15) is 5.26 Å². The normalized spacial score (nSPS) is 11.4. The van der Waals surface area contributed by atoms with E-state index < -0.39 is 6.10 Å². The standard InChI is InChI=1S/C15H10ClNO2/c16-13-5-3-12(4-6-13)15(10-18)19-14-7-1-11(9-17)2-8-14/h1-8,10,15H. The molecule has 1 unspecified atom stereocenters. The topological polar surface area (TPSA) is 50.1 Å². The molecule has 0 fully saturated rings. The summed E-state index contributed by atoms with van der Waals surface area (Å²) in [5.41, 5.74) is 1.27. The highest BCUT2D eigenvalue weighted by Gasteiger charge is 2.12. The van der Waals surface area contributed by atoms with Crippen LogP contribution in [0.1, 0.15) is 17.2 Å². The molecule has 0 aromatic heterocycles. The van der Waals surface area contributed by atoms with Crippen LogP contribution < -0.4 is 4.74 Å². The summed E-state index contributed by atoms with van der Waals surface area (Å²) in [6.07, 6.45) is 0.0340.